The Morgan fingerprint density at radius 2 is 1.95 bits per heavy atom. The summed E-state index contributed by atoms with van der Waals surface area (Å²) in [6.45, 7) is 4.40. The molecule has 2 atom stereocenters. The van der Waals surface area contributed by atoms with Crippen LogP contribution in [0.4, 0.5) is 5.13 Å². The van der Waals surface area contributed by atoms with Gasteiger partial charge in [0.25, 0.3) is 11.8 Å². The third kappa shape index (κ3) is 7.10. The van der Waals surface area contributed by atoms with Crippen LogP contribution in [0, 0.1) is 5.41 Å². The lowest BCUT2D eigenvalue weighted by atomic mass is 9.98. The number of anilines is 1. The number of thioether (sulfide) groups is 1. The lowest BCUT2D eigenvalue weighted by Crippen LogP contribution is -2.71. The minimum Gasteiger partial charge on any atom is -0.427 e. The van der Waals surface area contributed by atoms with Crippen molar-refractivity contribution >= 4 is 75.2 Å². The van der Waals surface area contributed by atoms with Gasteiger partial charge in [-0.2, -0.15) is 0 Å². The number of nitrogens with one attached hydrogen (secondary N) is 2. The maximum Gasteiger partial charge on any atom is 0.358 e. The van der Waals surface area contributed by atoms with E-state index in [4.69, 9.17) is 30.6 Å². The van der Waals surface area contributed by atoms with Crippen molar-refractivity contribution in [1.82, 2.24) is 15.2 Å². The van der Waals surface area contributed by atoms with Crippen LogP contribution in [0.25, 0.3) is 0 Å². The molecule has 1 aromatic heterocycles. The molecule has 40 heavy (non-hydrogen) atoms. The smallest absolute Gasteiger partial charge is 0.358 e. The number of thiazole rings is 1. The Labute approximate surface area is 242 Å². The van der Waals surface area contributed by atoms with Crippen LogP contribution in [0.2, 0.25) is 0 Å². The zero-order valence-electron chi connectivity index (χ0n) is 22.3. The molecule has 0 spiro atoms. The third-order valence-electron chi connectivity index (χ3n) is 5.35. The van der Waals surface area contributed by atoms with Gasteiger partial charge in [0.1, 0.15) is 35.8 Å². The molecule has 1 saturated heterocycles. The fraction of sp³-hybridized carbons (Fsp3) is 0.522. The van der Waals surface area contributed by atoms with Crippen molar-refractivity contribution in [3.8, 4) is 0 Å². The number of hydrogen-bond acceptors (Lipinski definition) is 13. The number of methoxy groups -OCH3 is 1. The topological polar surface area (TPSA) is 175 Å². The van der Waals surface area contributed by atoms with Crippen LogP contribution in [-0.4, -0.2) is 95.9 Å². The molecule has 0 aliphatic carbocycles. The average molecular weight is 618 g/mol. The van der Waals surface area contributed by atoms with Gasteiger partial charge in [-0.3, -0.25) is 24.1 Å². The van der Waals surface area contributed by atoms with Crippen LogP contribution >= 0.6 is 34.7 Å². The van der Waals surface area contributed by atoms with Gasteiger partial charge in [-0.05, 0) is 26.3 Å². The van der Waals surface area contributed by atoms with E-state index in [1.54, 1.807) is 20.8 Å². The third-order valence-corrected chi connectivity index (χ3v) is 7.69. The molecule has 1 unspecified atom stereocenters. The maximum atomic E-state index is 13.2. The number of carbonyl (C=O) groups excluding carboxylic acids is 5. The number of ether oxygens (including phenoxy) is 3. The monoisotopic (exact) mass is 617 g/mol. The van der Waals surface area contributed by atoms with E-state index in [2.05, 4.69) is 20.8 Å². The highest BCUT2D eigenvalue weighted by molar-refractivity contribution is 8.00. The number of amides is 3. The Kier molecular flexibility index (Phi) is 10.5. The van der Waals surface area contributed by atoms with Crippen molar-refractivity contribution < 1.29 is 43.0 Å². The van der Waals surface area contributed by atoms with Crippen molar-refractivity contribution in [2.45, 2.75) is 32.2 Å². The fourth-order valence-electron chi connectivity index (χ4n) is 3.48. The molecule has 218 valence electrons. The van der Waals surface area contributed by atoms with Gasteiger partial charge >= 0.3 is 11.9 Å². The minimum atomic E-state index is -1.00. The molecule has 3 rings (SSSR count). The number of alkyl halides is 1. The van der Waals surface area contributed by atoms with Gasteiger partial charge in [-0.1, -0.05) is 5.16 Å². The lowest BCUT2D eigenvalue weighted by molar-refractivity contribution is -0.173. The second-order valence-electron chi connectivity index (χ2n) is 9.32. The van der Waals surface area contributed by atoms with Gasteiger partial charge in [0.15, 0.2) is 10.8 Å². The summed E-state index contributed by atoms with van der Waals surface area (Å²) in [6.07, 6.45) is 0. The summed E-state index contributed by atoms with van der Waals surface area (Å²) in [5, 5.41) is 9.85. The number of oxime groups is 1. The predicted octanol–water partition coefficient (Wildman–Crippen LogP) is 1.06. The predicted molar refractivity (Wildman–Crippen MR) is 145 cm³/mol. The molecule has 3 heterocycles. The number of hydrogen-bond donors (Lipinski definition) is 2. The maximum absolute atomic E-state index is 13.2. The fourth-order valence-corrected chi connectivity index (χ4v) is 5.58. The van der Waals surface area contributed by atoms with Gasteiger partial charge in [0.05, 0.1) is 12.0 Å². The molecule has 1 fully saturated rings. The van der Waals surface area contributed by atoms with E-state index in [0.717, 1.165) is 11.3 Å². The first-order valence-electron chi connectivity index (χ1n) is 11.7. The summed E-state index contributed by atoms with van der Waals surface area (Å²) in [7, 11) is 2.68. The molecule has 0 saturated carbocycles. The standard InChI is InChI=1S/C23H28ClN5O9S2/c1-23(2,3)21(34)38-10-37-20(33)16-11(7-35-4)8-39-19-15(18(32)29(16)19)27-17(31)14(28-36-5)12-9-40-22(25-12)26-13(30)6-24/h9,15,19H,6-8,10H2,1-5H3,(H,27,31)(H,25,26,30)/b28-14-/t15?,19-/m1/s1. The van der Waals surface area contributed by atoms with E-state index in [9.17, 15) is 24.0 Å². The summed E-state index contributed by atoms with van der Waals surface area (Å²) < 4.78 is 15.3. The SMILES string of the molecule is COCC1=C(C(=O)OCOC(=O)C(C)(C)C)N2C(=O)C(NC(=O)/C(=N\OC)c3csc(NC(=O)CCl)n3)[C@H]2SC1. The molecule has 3 amide bonds. The second kappa shape index (κ2) is 13.4. The highest BCUT2D eigenvalue weighted by Gasteiger charge is 2.54. The Morgan fingerprint density at radius 3 is 2.58 bits per heavy atom. The van der Waals surface area contributed by atoms with E-state index in [1.807, 2.05) is 0 Å². The molecule has 2 aliphatic heterocycles. The molecule has 0 radical (unpaired) electrons. The number of halogens is 1. The van der Waals surface area contributed by atoms with E-state index in [1.165, 1.54) is 36.3 Å². The molecular formula is C23H28ClN5O9S2. The molecule has 14 nitrogen and oxygen atoms in total. The van der Waals surface area contributed by atoms with Crippen molar-refractivity contribution in [3.63, 3.8) is 0 Å². The Balaban J connectivity index is 1.72. The molecule has 0 bridgehead atoms. The molecular weight excluding hydrogens is 590 g/mol. The zero-order valence-corrected chi connectivity index (χ0v) is 24.7. The number of fused-ring (bicyclic) bond motifs is 1. The normalized spacial score (nSPS) is 18.9. The second-order valence-corrected chi connectivity index (χ2v) is 11.6. The van der Waals surface area contributed by atoms with Crippen molar-refractivity contribution in [1.29, 1.82) is 0 Å². The van der Waals surface area contributed by atoms with Crippen molar-refractivity contribution in [2.75, 3.05) is 44.6 Å². The van der Waals surface area contributed by atoms with E-state index in [-0.39, 0.29) is 34.7 Å². The van der Waals surface area contributed by atoms with Crippen LogP contribution in [-0.2, 0) is 43.0 Å². The minimum absolute atomic E-state index is 0.0298. The number of β-lactam (4-membered cyclic amide) rings is 1. The Bertz CT molecular complexity index is 1240. The summed E-state index contributed by atoms with van der Waals surface area (Å²) in [4.78, 5) is 72.9. The summed E-state index contributed by atoms with van der Waals surface area (Å²) in [6, 6.07) is -1.00. The van der Waals surface area contributed by atoms with E-state index in [0.29, 0.717) is 11.3 Å². The van der Waals surface area contributed by atoms with Crippen LogP contribution in [0.1, 0.15) is 26.5 Å². The highest BCUT2D eigenvalue weighted by Crippen LogP contribution is 2.40. The first-order chi connectivity index (χ1) is 18.9. The largest absolute Gasteiger partial charge is 0.427 e. The molecule has 2 aliphatic rings. The van der Waals surface area contributed by atoms with E-state index < -0.39 is 53.3 Å². The van der Waals surface area contributed by atoms with Crippen LogP contribution < -0.4 is 10.6 Å². The van der Waals surface area contributed by atoms with Gasteiger partial charge < -0.3 is 29.7 Å². The molecule has 17 heteroatoms. The van der Waals surface area contributed by atoms with Crippen molar-refractivity contribution in [3.05, 3.63) is 22.3 Å². The average Bonchev–Trinajstić information content (AvgIpc) is 3.36. The van der Waals surface area contributed by atoms with Crippen LogP contribution in [0.3, 0.4) is 0 Å². The highest BCUT2D eigenvalue weighted by atomic mass is 35.5. The van der Waals surface area contributed by atoms with Crippen LogP contribution in [0.5, 0.6) is 0 Å². The number of rotatable bonds is 11. The summed E-state index contributed by atoms with van der Waals surface area (Å²) in [5.41, 5.74) is -0.442. The van der Waals surface area contributed by atoms with Crippen LogP contribution in [0.15, 0.2) is 21.8 Å². The number of carbonyl (C=O) groups is 5. The van der Waals surface area contributed by atoms with Crippen molar-refractivity contribution in [2.24, 2.45) is 10.6 Å². The van der Waals surface area contributed by atoms with E-state index >= 15 is 0 Å². The van der Waals surface area contributed by atoms with Gasteiger partial charge in [0, 0.05) is 18.2 Å². The summed E-state index contributed by atoms with van der Waals surface area (Å²) in [5.74, 6) is -3.19. The first-order valence-corrected chi connectivity index (χ1v) is 14.1. The lowest BCUT2D eigenvalue weighted by Gasteiger charge is -2.49. The van der Waals surface area contributed by atoms with Gasteiger partial charge in [-0.15, -0.1) is 34.7 Å². The zero-order chi connectivity index (χ0) is 29.6. The van der Waals surface area contributed by atoms with Gasteiger partial charge in [-0.25, -0.2) is 9.78 Å². The summed E-state index contributed by atoms with van der Waals surface area (Å²) >= 11 is 7.85. The first kappa shape index (κ1) is 31.3. The molecule has 2 N–H and O–H groups in total. The number of esters is 2. The Hall–Kier alpha value is -3.21. The number of aromatic nitrogens is 1. The molecule has 1 aromatic rings. The Morgan fingerprint density at radius 1 is 1.23 bits per heavy atom. The van der Waals surface area contributed by atoms with Gasteiger partial charge in [0.2, 0.25) is 12.7 Å². The quantitative estimate of drug-likeness (QED) is 0.0907. The molecule has 0 aromatic carbocycles. The number of nitrogens with zero attached hydrogens (tertiary/aromatic N) is 3.